The Morgan fingerprint density at radius 1 is 1.25 bits per heavy atom. The average molecular weight is 309 g/mol. The van der Waals surface area contributed by atoms with Crippen LogP contribution >= 0.6 is 0 Å². The number of sulfonamides is 1. The molecule has 8 nitrogen and oxygen atoms in total. The van der Waals surface area contributed by atoms with Gasteiger partial charge >= 0.3 is 12.0 Å². The highest BCUT2D eigenvalue weighted by atomic mass is 32.2. The molecule has 0 spiro atoms. The van der Waals surface area contributed by atoms with Gasteiger partial charge in [-0.1, -0.05) is 13.3 Å². The molecule has 5 N–H and O–H groups in total. The normalized spacial score (nSPS) is 14.3. The number of nitrogens with one attached hydrogen (secondary N) is 2. The fourth-order valence-electron chi connectivity index (χ4n) is 1.51. The van der Waals surface area contributed by atoms with Gasteiger partial charge in [0, 0.05) is 12.6 Å². The molecule has 0 saturated carbocycles. The van der Waals surface area contributed by atoms with Crippen molar-refractivity contribution in [1.82, 2.24) is 10.6 Å². The van der Waals surface area contributed by atoms with E-state index in [0.717, 1.165) is 0 Å². The zero-order valence-electron chi connectivity index (χ0n) is 11.8. The van der Waals surface area contributed by atoms with Gasteiger partial charge in [0.2, 0.25) is 10.0 Å². The van der Waals surface area contributed by atoms with Gasteiger partial charge in [-0.25, -0.2) is 18.4 Å². The van der Waals surface area contributed by atoms with E-state index in [1.807, 2.05) is 0 Å². The van der Waals surface area contributed by atoms with Crippen molar-refractivity contribution < 1.29 is 23.1 Å². The molecule has 0 aliphatic heterocycles. The van der Waals surface area contributed by atoms with Crippen molar-refractivity contribution in [3.8, 4) is 0 Å². The lowest BCUT2D eigenvalue weighted by molar-refractivity contribution is -0.141. The first-order valence-corrected chi connectivity index (χ1v) is 8.11. The Kier molecular flexibility index (Phi) is 8.16. The van der Waals surface area contributed by atoms with Crippen LogP contribution in [0.5, 0.6) is 0 Å². The Labute approximate surface area is 119 Å². The highest BCUT2D eigenvalue weighted by Crippen LogP contribution is 2.09. The molecular weight excluding hydrogens is 286 g/mol. The zero-order chi connectivity index (χ0) is 15.8. The number of amides is 2. The zero-order valence-corrected chi connectivity index (χ0v) is 12.6. The molecule has 0 saturated heterocycles. The topological polar surface area (TPSA) is 139 Å². The number of hydrogen-bond donors (Lipinski definition) is 4. The van der Waals surface area contributed by atoms with Gasteiger partial charge in [0.15, 0.2) is 0 Å². The molecule has 0 aromatic rings. The summed E-state index contributed by atoms with van der Waals surface area (Å²) in [6.07, 6.45) is 1.89. The summed E-state index contributed by atoms with van der Waals surface area (Å²) in [6.45, 7) is 3.39. The minimum absolute atomic E-state index is 0.0482. The van der Waals surface area contributed by atoms with E-state index in [1.54, 1.807) is 13.8 Å². The molecule has 0 fully saturated rings. The Bertz CT molecular complexity index is 424. The minimum Gasteiger partial charge on any atom is -0.481 e. The average Bonchev–Trinajstić information content (AvgIpc) is 2.26. The van der Waals surface area contributed by atoms with Crippen molar-refractivity contribution in [1.29, 1.82) is 0 Å². The van der Waals surface area contributed by atoms with Crippen LogP contribution in [-0.4, -0.2) is 43.9 Å². The number of aliphatic carboxylic acids is 1. The summed E-state index contributed by atoms with van der Waals surface area (Å²) in [7, 11) is -3.58. The van der Waals surface area contributed by atoms with Gasteiger partial charge in [-0.15, -0.1) is 0 Å². The van der Waals surface area contributed by atoms with Crippen LogP contribution in [0, 0.1) is 5.92 Å². The molecule has 0 aliphatic rings. The predicted octanol–water partition coefficient (Wildman–Crippen LogP) is -0.146. The molecule has 0 radical (unpaired) electrons. The third-order valence-electron chi connectivity index (χ3n) is 2.75. The number of primary sulfonamides is 1. The summed E-state index contributed by atoms with van der Waals surface area (Å²) in [5.74, 6) is -1.54. The summed E-state index contributed by atoms with van der Waals surface area (Å²) in [5, 5.41) is 18.5. The van der Waals surface area contributed by atoms with Crippen LogP contribution in [0.1, 0.15) is 33.1 Å². The van der Waals surface area contributed by atoms with E-state index in [1.165, 1.54) is 0 Å². The molecule has 0 aromatic heterocycles. The van der Waals surface area contributed by atoms with Crippen LogP contribution in [0.25, 0.3) is 0 Å². The number of hydrogen-bond acceptors (Lipinski definition) is 4. The third-order valence-corrected chi connectivity index (χ3v) is 3.52. The SMILES string of the molecule is CC(CCCC(C)C(=O)O)NC(=O)NCCS(N)(=O)=O. The minimum atomic E-state index is -3.58. The van der Waals surface area contributed by atoms with E-state index in [-0.39, 0.29) is 18.3 Å². The lowest BCUT2D eigenvalue weighted by Gasteiger charge is -2.15. The molecule has 2 unspecified atom stereocenters. The number of carbonyl (C=O) groups is 2. The van der Waals surface area contributed by atoms with Crippen molar-refractivity contribution in [2.24, 2.45) is 11.1 Å². The van der Waals surface area contributed by atoms with E-state index >= 15 is 0 Å². The number of carboxylic acid groups (broad SMARTS) is 1. The Morgan fingerprint density at radius 3 is 2.35 bits per heavy atom. The van der Waals surface area contributed by atoms with Crippen molar-refractivity contribution in [3.63, 3.8) is 0 Å². The molecule has 0 rings (SSSR count). The summed E-state index contributed by atoms with van der Waals surface area (Å²) in [4.78, 5) is 22.0. The molecule has 0 heterocycles. The maximum absolute atomic E-state index is 11.4. The Balaban J connectivity index is 3.77. The lowest BCUT2D eigenvalue weighted by Crippen LogP contribution is -2.42. The van der Waals surface area contributed by atoms with E-state index in [9.17, 15) is 18.0 Å². The van der Waals surface area contributed by atoms with Gasteiger partial charge < -0.3 is 15.7 Å². The number of rotatable bonds is 9. The van der Waals surface area contributed by atoms with Crippen LogP contribution in [0.15, 0.2) is 0 Å². The van der Waals surface area contributed by atoms with E-state index in [4.69, 9.17) is 10.2 Å². The lowest BCUT2D eigenvalue weighted by atomic mass is 10.0. The first kappa shape index (κ1) is 18.7. The van der Waals surface area contributed by atoms with Gasteiger partial charge in [-0.05, 0) is 19.8 Å². The van der Waals surface area contributed by atoms with Crippen molar-refractivity contribution in [2.45, 2.75) is 39.2 Å². The van der Waals surface area contributed by atoms with Crippen LogP contribution < -0.4 is 15.8 Å². The molecule has 2 atom stereocenters. The van der Waals surface area contributed by atoms with Crippen LogP contribution in [-0.2, 0) is 14.8 Å². The van der Waals surface area contributed by atoms with Crippen LogP contribution in [0.4, 0.5) is 4.79 Å². The van der Waals surface area contributed by atoms with Gasteiger partial charge in [0.05, 0.1) is 11.7 Å². The van der Waals surface area contributed by atoms with Crippen molar-refractivity contribution in [3.05, 3.63) is 0 Å². The highest BCUT2D eigenvalue weighted by molar-refractivity contribution is 7.89. The monoisotopic (exact) mass is 309 g/mol. The quantitative estimate of drug-likeness (QED) is 0.469. The van der Waals surface area contributed by atoms with Crippen molar-refractivity contribution in [2.75, 3.05) is 12.3 Å². The molecule has 118 valence electrons. The summed E-state index contributed by atoms with van der Waals surface area (Å²) >= 11 is 0. The van der Waals surface area contributed by atoms with E-state index in [0.29, 0.717) is 19.3 Å². The summed E-state index contributed by atoms with van der Waals surface area (Å²) in [6, 6.07) is -0.585. The molecule has 0 aliphatic carbocycles. The van der Waals surface area contributed by atoms with Crippen LogP contribution in [0.3, 0.4) is 0 Å². The number of urea groups is 1. The maximum Gasteiger partial charge on any atom is 0.315 e. The van der Waals surface area contributed by atoms with Crippen LogP contribution in [0.2, 0.25) is 0 Å². The van der Waals surface area contributed by atoms with Gasteiger partial charge in [0.25, 0.3) is 0 Å². The number of carboxylic acids is 1. The van der Waals surface area contributed by atoms with Gasteiger partial charge in [-0.2, -0.15) is 0 Å². The smallest absolute Gasteiger partial charge is 0.315 e. The molecule has 9 heteroatoms. The first-order chi connectivity index (χ1) is 9.11. The predicted molar refractivity (Wildman–Crippen MR) is 74.6 cm³/mol. The fourth-order valence-corrected chi connectivity index (χ4v) is 1.89. The maximum atomic E-state index is 11.4. The van der Waals surface area contributed by atoms with E-state index < -0.39 is 27.9 Å². The second-order valence-electron chi connectivity index (χ2n) is 4.84. The Hall–Kier alpha value is -1.35. The van der Waals surface area contributed by atoms with Crippen molar-refractivity contribution >= 4 is 22.0 Å². The largest absolute Gasteiger partial charge is 0.481 e. The molecule has 20 heavy (non-hydrogen) atoms. The highest BCUT2D eigenvalue weighted by Gasteiger charge is 2.12. The van der Waals surface area contributed by atoms with Gasteiger partial charge in [0.1, 0.15) is 0 Å². The number of carbonyl (C=O) groups excluding carboxylic acids is 1. The molecular formula is C11H23N3O5S. The Morgan fingerprint density at radius 2 is 1.85 bits per heavy atom. The standard InChI is InChI=1S/C11H23N3O5S/c1-8(10(15)16)4-3-5-9(2)14-11(17)13-6-7-20(12,18)19/h8-9H,3-7H2,1-2H3,(H,15,16)(H2,12,18,19)(H2,13,14,17). The second kappa shape index (κ2) is 8.75. The summed E-state index contributed by atoms with van der Waals surface area (Å²) < 4.78 is 21.3. The summed E-state index contributed by atoms with van der Waals surface area (Å²) in [5.41, 5.74) is 0. The molecule has 2 amide bonds. The van der Waals surface area contributed by atoms with E-state index in [2.05, 4.69) is 10.6 Å². The fraction of sp³-hybridized carbons (Fsp3) is 0.818. The van der Waals surface area contributed by atoms with Gasteiger partial charge in [-0.3, -0.25) is 4.79 Å². The second-order valence-corrected chi connectivity index (χ2v) is 6.57. The first-order valence-electron chi connectivity index (χ1n) is 6.39. The number of nitrogens with two attached hydrogens (primary N) is 1. The molecule has 0 bridgehead atoms. The third kappa shape index (κ3) is 10.6. The molecule has 0 aromatic carbocycles.